The molecule has 4 aromatic heterocycles. The number of nitrogens with two attached hydrogens (primary N) is 2. The summed E-state index contributed by atoms with van der Waals surface area (Å²) in [5.41, 5.74) is 12.5. The van der Waals surface area contributed by atoms with Gasteiger partial charge in [-0.2, -0.15) is 0 Å². The van der Waals surface area contributed by atoms with E-state index in [0.29, 0.717) is 0 Å². The van der Waals surface area contributed by atoms with Crippen LogP contribution >= 0.6 is 37.9 Å². The highest BCUT2D eigenvalue weighted by Gasteiger charge is 2.53. The van der Waals surface area contributed by atoms with Crippen LogP contribution in [0.25, 0.3) is 22.3 Å². The standard InChI is InChI=1S/C20H24F2N12O6P2S2/c21-9-13-7(37-19(9)33-5-29-11-15(23)25-3-27-17(11)33)1-31-41(35,43)40-14-8(2-32-42(36,44)39-13)38-20(10(14)22)34-6-30-12-16(24)26-4-28-18(12)34/h3-10,13-14,19-20H,1-2H2,(H2,23,25,27)(H2,24,26,28)(H2,31,35,43)(H2,32,36,44)/t7-,8-,9?,10?,13?,14?,19-,20-,41?,42?/m1/s1. The van der Waals surface area contributed by atoms with Crippen LogP contribution in [0.15, 0.2) is 25.3 Å². The Morgan fingerprint density at radius 3 is 1.57 bits per heavy atom. The lowest BCUT2D eigenvalue weighted by atomic mass is 10.1. The van der Waals surface area contributed by atoms with Crippen molar-refractivity contribution in [3.63, 3.8) is 0 Å². The van der Waals surface area contributed by atoms with Gasteiger partial charge in [0.15, 0.2) is 47.7 Å². The molecule has 18 nitrogen and oxygen atoms in total. The van der Waals surface area contributed by atoms with Crippen molar-refractivity contribution in [1.82, 2.24) is 49.2 Å². The summed E-state index contributed by atoms with van der Waals surface area (Å²) in [6, 6.07) is 0. The third kappa shape index (κ3) is 5.25. The molecule has 236 valence electrons. The van der Waals surface area contributed by atoms with Gasteiger partial charge in [-0.1, -0.05) is 24.5 Å². The van der Waals surface area contributed by atoms with Crippen molar-refractivity contribution in [2.75, 3.05) is 24.6 Å². The lowest BCUT2D eigenvalue weighted by molar-refractivity contribution is -0.0214. The monoisotopic (exact) mass is 692 g/mol. The lowest BCUT2D eigenvalue weighted by Crippen LogP contribution is -2.42. The van der Waals surface area contributed by atoms with Gasteiger partial charge < -0.3 is 30.0 Å². The van der Waals surface area contributed by atoms with Gasteiger partial charge in [-0.15, -0.1) is 0 Å². The van der Waals surface area contributed by atoms with Crippen LogP contribution in [0.1, 0.15) is 12.5 Å². The number of aromatic nitrogens is 8. The molecule has 7 rings (SSSR count). The maximum absolute atomic E-state index is 16.0. The van der Waals surface area contributed by atoms with Gasteiger partial charge in [0.1, 0.15) is 48.1 Å². The lowest BCUT2D eigenvalue weighted by Gasteiger charge is -2.29. The summed E-state index contributed by atoms with van der Waals surface area (Å²) in [7, 11) is 0. The Morgan fingerprint density at radius 2 is 1.16 bits per heavy atom. The zero-order valence-electron chi connectivity index (χ0n) is 22.1. The van der Waals surface area contributed by atoms with Gasteiger partial charge in [-0.25, -0.2) is 48.9 Å². The summed E-state index contributed by atoms with van der Waals surface area (Å²) in [6.07, 6.45) is -7.15. The fraction of sp³-hybridized carbons (Fsp3) is 0.500. The molecule has 3 saturated heterocycles. The Bertz CT molecular complexity index is 1710. The fourth-order valence-corrected chi connectivity index (χ4v) is 8.62. The first kappa shape index (κ1) is 30.2. The fourth-order valence-electron chi connectivity index (χ4n) is 5.34. The molecule has 6 unspecified atom stereocenters. The van der Waals surface area contributed by atoms with Crippen LogP contribution in [0.2, 0.25) is 0 Å². The molecule has 0 spiro atoms. The van der Waals surface area contributed by atoms with Crippen molar-refractivity contribution in [2.45, 2.75) is 49.2 Å². The van der Waals surface area contributed by atoms with Gasteiger partial charge in [0.25, 0.3) is 0 Å². The minimum atomic E-state index is -4.11. The zero-order valence-corrected chi connectivity index (χ0v) is 25.6. The van der Waals surface area contributed by atoms with Crippen LogP contribution < -0.4 is 21.6 Å². The molecular formula is C20H24F2N12O6P2S2. The topological polar surface area (TPSA) is 234 Å². The van der Waals surface area contributed by atoms with Gasteiger partial charge in [0, 0.05) is 13.1 Å². The van der Waals surface area contributed by atoms with Crippen LogP contribution in [0.5, 0.6) is 0 Å². The molecule has 44 heavy (non-hydrogen) atoms. The molecule has 24 heteroatoms. The van der Waals surface area contributed by atoms with E-state index in [1.807, 2.05) is 0 Å². The Labute approximate surface area is 256 Å². The highest BCUT2D eigenvalue weighted by Crippen LogP contribution is 2.56. The number of nitrogens with zero attached hydrogens (tertiary/aromatic N) is 8. The average molecular weight is 693 g/mol. The number of nitrogen functional groups attached to an aromatic ring is 2. The Kier molecular flexibility index (Phi) is 7.59. The summed E-state index contributed by atoms with van der Waals surface area (Å²) >= 11 is 8.25. The summed E-state index contributed by atoms with van der Waals surface area (Å²) in [5.74, 6) is 0.146. The van der Waals surface area contributed by atoms with Crippen molar-refractivity contribution in [3.8, 4) is 0 Å². The number of thiol groups is 2. The van der Waals surface area contributed by atoms with Crippen molar-refractivity contribution in [2.24, 2.45) is 0 Å². The predicted octanol–water partition coefficient (Wildman–Crippen LogP) is 1.34. The summed E-state index contributed by atoms with van der Waals surface area (Å²) < 4.78 is 84.6. The highest BCUT2D eigenvalue weighted by molar-refractivity contribution is 8.45. The van der Waals surface area contributed by atoms with E-state index in [1.165, 1.54) is 34.4 Å². The van der Waals surface area contributed by atoms with E-state index >= 15 is 8.78 Å². The number of ether oxygens (including phenoxy) is 2. The maximum Gasteiger partial charge on any atom is 0.324 e. The molecular weight excluding hydrogens is 668 g/mol. The normalized spacial score (nSPS) is 38.3. The van der Waals surface area contributed by atoms with Crippen molar-refractivity contribution < 1.29 is 36.4 Å². The molecule has 0 amide bonds. The quantitative estimate of drug-likeness (QED) is 0.128. The highest BCUT2D eigenvalue weighted by atomic mass is 32.7. The number of nitrogens with one attached hydrogen (secondary N) is 2. The molecule has 3 aliphatic heterocycles. The van der Waals surface area contributed by atoms with Gasteiger partial charge in [-0.05, 0) is 0 Å². The molecule has 10 atom stereocenters. The van der Waals surface area contributed by atoms with Gasteiger partial charge >= 0.3 is 13.4 Å². The van der Waals surface area contributed by atoms with Crippen LogP contribution in [0, 0.1) is 0 Å². The third-order valence-corrected chi connectivity index (χ3v) is 11.0. The maximum atomic E-state index is 16.0. The van der Waals surface area contributed by atoms with E-state index in [1.54, 1.807) is 0 Å². The average Bonchev–Trinajstić information content (AvgIpc) is 3.73. The molecule has 0 saturated carbocycles. The largest absolute Gasteiger partial charge is 0.382 e. The molecule has 7 heterocycles. The Hall–Kier alpha value is -2.52. The number of rotatable bonds is 2. The minimum absolute atomic E-state index is 0.0728. The van der Waals surface area contributed by atoms with Crippen LogP contribution in [0.3, 0.4) is 0 Å². The van der Waals surface area contributed by atoms with Crippen LogP contribution in [-0.2, 0) is 27.7 Å². The minimum Gasteiger partial charge on any atom is -0.382 e. The van der Waals surface area contributed by atoms with Gasteiger partial charge in [0.05, 0.1) is 12.7 Å². The molecule has 6 N–H and O–H groups in total. The summed E-state index contributed by atoms with van der Waals surface area (Å²) in [4.78, 5) is 24.2. The van der Waals surface area contributed by atoms with E-state index in [9.17, 15) is 9.13 Å². The SMILES string of the molecule is Nc1ncnc2c1ncn2[C@@H]1O[C@@H]2CNP(=O)(S)OC3C(F)[C@H](n4cnc5c(N)ncnc54)O[C@@H]3CNP(=O)(S)OC2C1F. The van der Waals surface area contributed by atoms with Crippen molar-refractivity contribution in [1.29, 1.82) is 0 Å². The third-order valence-electron chi connectivity index (χ3n) is 7.37. The molecule has 0 bridgehead atoms. The molecule has 3 aliphatic rings. The molecule has 0 aromatic carbocycles. The second-order valence-corrected chi connectivity index (χ2v) is 16.4. The number of imidazole rings is 2. The number of anilines is 2. The molecule has 4 aromatic rings. The first-order valence-corrected chi connectivity index (χ1v) is 18.5. The van der Waals surface area contributed by atoms with Gasteiger partial charge in [-0.3, -0.25) is 18.3 Å². The number of halogens is 2. The number of fused-ring (bicyclic) bond motifs is 4. The van der Waals surface area contributed by atoms with E-state index in [4.69, 9.17) is 30.0 Å². The molecule has 0 aliphatic carbocycles. The Balaban J connectivity index is 1.17. The number of hydrogen-bond donors (Lipinski definition) is 6. The van der Waals surface area contributed by atoms with Crippen LogP contribution in [-0.4, -0.2) is 88.9 Å². The van der Waals surface area contributed by atoms with E-state index in [2.05, 4.69) is 64.6 Å². The predicted molar refractivity (Wildman–Crippen MR) is 156 cm³/mol. The Morgan fingerprint density at radius 1 is 0.750 bits per heavy atom. The summed E-state index contributed by atoms with van der Waals surface area (Å²) in [5, 5.41) is 5.14. The second kappa shape index (κ2) is 11.1. The first-order chi connectivity index (χ1) is 20.9. The zero-order chi connectivity index (χ0) is 31.0. The second-order valence-electron chi connectivity index (χ2n) is 10.1. The number of hydrogen-bond acceptors (Lipinski definition) is 14. The number of alkyl halides is 2. The molecule has 3 fully saturated rings. The van der Waals surface area contributed by atoms with Crippen LogP contribution in [0.4, 0.5) is 20.4 Å². The molecule has 0 radical (unpaired) electrons. The first-order valence-electron chi connectivity index (χ1n) is 12.9. The van der Waals surface area contributed by atoms with Crippen molar-refractivity contribution >= 4 is 71.9 Å². The van der Waals surface area contributed by atoms with E-state index in [-0.39, 0.29) is 47.1 Å². The van der Waals surface area contributed by atoms with E-state index < -0.39 is 62.7 Å². The van der Waals surface area contributed by atoms with E-state index in [0.717, 1.165) is 0 Å². The van der Waals surface area contributed by atoms with Gasteiger partial charge in [0.2, 0.25) is 0 Å². The van der Waals surface area contributed by atoms with Crippen molar-refractivity contribution in [3.05, 3.63) is 25.3 Å². The summed E-state index contributed by atoms with van der Waals surface area (Å²) in [6.45, 7) is -8.96. The smallest absolute Gasteiger partial charge is 0.324 e.